The summed E-state index contributed by atoms with van der Waals surface area (Å²) < 4.78 is 20.4. The Hall–Kier alpha value is -5.07. The molecule has 4 aromatic carbocycles. The first-order chi connectivity index (χ1) is 22.7. The van der Waals surface area contributed by atoms with Gasteiger partial charge in [0, 0.05) is 16.5 Å². The highest BCUT2D eigenvalue weighted by atomic mass is 32.2. The van der Waals surface area contributed by atoms with Crippen LogP contribution >= 0.6 is 23.1 Å². The predicted octanol–water partition coefficient (Wildman–Crippen LogP) is 5.81. The number of nitrogens with zero attached hydrogens (tertiary/aromatic N) is 2. The molecule has 0 spiro atoms. The van der Waals surface area contributed by atoms with E-state index in [-0.39, 0.29) is 24.4 Å². The van der Waals surface area contributed by atoms with E-state index in [4.69, 9.17) is 4.74 Å². The van der Waals surface area contributed by atoms with Crippen LogP contribution in [0.1, 0.15) is 33.6 Å². The maximum Gasteiger partial charge on any atom is 0.338 e. The number of fused-ring (bicyclic) bond motifs is 3. The van der Waals surface area contributed by atoms with Gasteiger partial charge in [-0.25, -0.2) is 14.1 Å². The molecule has 3 heterocycles. The second kappa shape index (κ2) is 12.3. The van der Waals surface area contributed by atoms with Crippen LogP contribution in [0.4, 0.5) is 15.8 Å². The molecule has 0 bridgehead atoms. The highest BCUT2D eigenvalue weighted by Gasteiger charge is 2.56. The van der Waals surface area contributed by atoms with Crippen molar-refractivity contribution in [3.63, 3.8) is 0 Å². The number of amides is 3. The van der Waals surface area contributed by atoms with Crippen LogP contribution in [-0.2, 0) is 25.7 Å². The fraction of sp³-hybridized carbons (Fsp3) is 0.171. The third-order valence-corrected chi connectivity index (χ3v) is 10.9. The zero-order chi connectivity index (χ0) is 32.8. The lowest BCUT2D eigenvalue weighted by atomic mass is 9.83. The monoisotopic (exact) mass is 667 g/mol. The van der Waals surface area contributed by atoms with Gasteiger partial charge in [-0.2, -0.15) is 0 Å². The number of carbonyl (C=O) groups excluding carboxylic acids is 4. The van der Waals surface area contributed by atoms with Crippen molar-refractivity contribution in [1.29, 1.82) is 0 Å². The highest BCUT2D eigenvalue weighted by Crippen LogP contribution is 2.53. The lowest BCUT2D eigenvalue weighted by Crippen LogP contribution is -2.33. The first-order valence-electron chi connectivity index (χ1n) is 14.8. The number of halogens is 1. The number of nitrogens with one attached hydrogen (secondary N) is 1. The van der Waals surface area contributed by atoms with E-state index in [1.807, 2.05) is 36.4 Å². The second-order valence-electron chi connectivity index (χ2n) is 11.1. The molecule has 47 heavy (non-hydrogen) atoms. The quantitative estimate of drug-likeness (QED) is 0.172. The second-order valence-corrected chi connectivity index (χ2v) is 13.2. The summed E-state index contributed by atoms with van der Waals surface area (Å²) in [6, 6.07) is 24.9. The van der Waals surface area contributed by atoms with Gasteiger partial charge in [-0.05, 0) is 71.8 Å². The summed E-state index contributed by atoms with van der Waals surface area (Å²) in [5.74, 6) is -4.01. The maximum absolute atomic E-state index is 14.1. The Labute approximate surface area is 276 Å². The van der Waals surface area contributed by atoms with Crippen LogP contribution in [0.15, 0.2) is 101 Å². The first kappa shape index (κ1) is 30.6. The normalized spacial score (nSPS) is 18.6. The number of rotatable bonds is 7. The Bertz CT molecular complexity index is 2130. The topological polar surface area (TPSA) is 115 Å². The van der Waals surface area contributed by atoms with Crippen LogP contribution in [-0.4, -0.2) is 40.1 Å². The van der Waals surface area contributed by atoms with Gasteiger partial charge in [-0.15, -0.1) is 0 Å². The Morgan fingerprint density at radius 3 is 2.34 bits per heavy atom. The van der Waals surface area contributed by atoms with Gasteiger partial charge in [-0.1, -0.05) is 65.6 Å². The summed E-state index contributed by atoms with van der Waals surface area (Å²) in [6.07, 6.45) is 0. The Morgan fingerprint density at radius 1 is 0.894 bits per heavy atom. The van der Waals surface area contributed by atoms with Crippen molar-refractivity contribution in [3.8, 4) is 0 Å². The first-order valence-corrected chi connectivity index (χ1v) is 16.5. The molecule has 1 fully saturated rings. The molecule has 9 nitrogen and oxygen atoms in total. The largest absolute Gasteiger partial charge is 0.462 e. The molecular weight excluding hydrogens is 642 g/mol. The molecule has 1 aromatic heterocycles. The molecule has 3 amide bonds. The van der Waals surface area contributed by atoms with Gasteiger partial charge < -0.3 is 10.1 Å². The van der Waals surface area contributed by atoms with Crippen molar-refractivity contribution >= 4 is 68.9 Å². The number of hydrogen-bond donors (Lipinski definition) is 1. The van der Waals surface area contributed by atoms with Crippen LogP contribution in [0.25, 0.3) is 10.8 Å². The molecule has 0 saturated carbocycles. The summed E-state index contributed by atoms with van der Waals surface area (Å²) >= 11 is 2.00. The summed E-state index contributed by atoms with van der Waals surface area (Å²) in [7, 11) is 0. The predicted molar refractivity (Wildman–Crippen MR) is 177 cm³/mol. The molecule has 7 rings (SSSR count). The van der Waals surface area contributed by atoms with E-state index in [1.54, 1.807) is 25.1 Å². The zero-order valence-electron chi connectivity index (χ0n) is 24.8. The molecule has 5 aromatic rings. The highest BCUT2D eigenvalue weighted by molar-refractivity contribution is 8.00. The number of carbonyl (C=O) groups is 4. The van der Waals surface area contributed by atoms with E-state index in [0.717, 1.165) is 38.8 Å². The fourth-order valence-corrected chi connectivity index (χ4v) is 8.88. The fourth-order valence-electron chi connectivity index (χ4n) is 6.11. The number of anilines is 2. The number of esters is 1. The average Bonchev–Trinajstić information content (AvgIpc) is 3.51. The van der Waals surface area contributed by atoms with Crippen molar-refractivity contribution < 1.29 is 28.3 Å². The Morgan fingerprint density at radius 2 is 1.62 bits per heavy atom. The molecular formula is C35H26FN3O6S2. The number of ether oxygens (including phenoxy) is 1. The molecule has 0 aliphatic carbocycles. The van der Waals surface area contributed by atoms with Crippen molar-refractivity contribution in [2.75, 3.05) is 16.8 Å². The molecule has 2 aliphatic rings. The van der Waals surface area contributed by atoms with E-state index in [1.165, 1.54) is 41.0 Å². The van der Waals surface area contributed by atoms with E-state index >= 15 is 0 Å². The number of thiazole rings is 1. The Balaban J connectivity index is 1.23. The van der Waals surface area contributed by atoms with E-state index < -0.39 is 51.5 Å². The summed E-state index contributed by atoms with van der Waals surface area (Å²) in [6.45, 7) is 1.59. The van der Waals surface area contributed by atoms with Gasteiger partial charge in [0.15, 0.2) is 0 Å². The lowest BCUT2D eigenvalue weighted by Gasteiger charge is -2.30. The zero-order valence-corrected chi connectivity index (χ0v) is 26.5. The van der Waals surface area contributed by atoms with Crippen molar-refractivity contribution in [2.45, 2.75) is 29.7 Å². The minimum atomic E-state index is -0.918. The number of imide groups is 1. The molecule has 0 radical (unpaired) electrons. The van der Waals surface area contributed by atoms with Crippen molar-refractivity contribution in [3.05, 3.63) is 122 Å². The molecule has 236 valence electrons. The maximum atomic E-state index is 14.1. The molecule has 1 saturated heterocycles. The molecule has 0 unspecified atom stereocenters. The summed E-state index contributed by atoms with van der Waals surface area (Å²) in [4.78, 5) is 68.1. The standard InChI is InChI=1S/C35H26FN3O6S2/c1-2-45-34(43)21-10-15-25(16-11-21)39-31(41)28-27(20-7-12-23(36)13-8-20)30-33(46-29(28)32(39)42)38(35(44)47-30)18-26(40)37-24-14-9-19-5-3-4-6-22(19)17-24/h3-17,27-29H,2,18H2,1H3,(H,37,40)/t27-,28-,29+/m0/s1. The minimum absolute atomic E-state index is 0.204. The van der Waals surface area contributed by atoms with E-state index in [2.05, 4.69) is 5.32 Å². The average molecular weight is 668 g/mol. The van der Waals surface area contributed by atoms with E-state index in [0.29, 0.717) is 21.2 Å². The van der Waals surface area contributed by atoms with Crippen molar-refractivity contribution in [2.24, 2.45) is 5.92 Å². The van der Waals surface area contributed by atoms with Crippen LogP contribution < -0.4 is 15.1 Å². The SMILES string of the molecule is CCOC(=O)c1ccc(N2C(=O)[C@H]3[C@H](c4ccc(F)cc4)c4sc(=O)n(CC(=O)Nc5ccc6ccccc6c5)c4S[C@H]3C2=O)cc1. The van der Waals surface area contributed by atoms with Gasteiger partial charge >= 0.3 is 10.8 Å². The van der Waals surface area contributed by atoms with Crippen LogP contribution in [0.5, 0.6) is 0 Å². The molecule has 12 heteroatoms. The third kappa shape index (κ3) is 5.53. The van der Waals surface area contributed by atoms with Gasteiger partial charge in [0.25, 0.3) is 0 Å². The van der Waals surface area contributed by atoms with Gasteiger partial charge in [-0.3, -0.25) is 23.7 Å². The summed E-state index contributed by atoms with van der Waals surface area (Å²) in [5, 5.41) is 4.33. The molecule has 2 aliphatic heterocycles. The molecule has 1 N–H and O–H groups in total. The molecule has 3 atom stereocenters. The summed E-state index contributed by atoms with van der Waals surface area (Å²) in [5.41, 5.74) is 1.71. The van der Waals surface area contributed by atoms with Crippen LogP contribution in [0.3, 0.4) is 0 Å². The van der Waals surface area contributed by atoms with Gasteiger partial charge in [0.2, 0.25) is 17.7 Å². The van der Waals surface area contributed by atoms with Gasteiger partial charge in [0.05, 0.1) is 28.8 Å². The third-order valence-electron chi connectivity index (χ3n) is 8.25. The van der Waals surface area contributed by atoms with Gasteiger partial charge in [0.1, 0.15) is 17.6 Å². The lowest BCUT2D eigenvalue weighted by molar-refractivity contribution is -0.122. The number of benzene rings is 4. The minimum Gasteiger partial charge on any atom is -0.462 e. The van der Waals surface area contributed by atoms with Crippen molar-refractivity contribution in [1.82, 2.24) is 4.57 Å². The van der Waals surface area contributed by atoms with Crippen LogP contribution in [0, 0.1) is 11.7 Å². The number of hydrogen-bond acceptors (Lipinski definition) is 8. The Kier molecular flexibility index (Phi) is 7.98. The smallest absolute Gasteiger partial charge is 0.338 e. The number of aromatic nitrogens is 1. The number of thioether (sulfide) groups is 1. The van der Waals surface area contributed by atoms with Crippen LogP contribution in [0.2, 0.25) is 0 Å². The van der Waals surface area contributed by atoms with E-state index in [9.17, 15) is 28.4 Å².